The summed E-state index contributed by atoms with van der Waals surface area (Å²) in [6.07, 6.45) is 0.841. The van der Waals surface area contributed by atoms with Gasteiger partial charge in [0, 0.05) is 17.5 Å². The molecular weight excluding hydrogens is 208 g/mol. The van der Waals surface area contributed by atoms with Crippen LogP contribution >= 0.6 is 11.3 Å². The number of nitrogens with zero attached hydrogens (tertiary/aromatic N) is 1. The molecule has 0 radical (unpaired) electrons. The minimum Gasteiger partial charge on any atom is -0.493 e. The van der Waals surface area contributed by atoms with Gasteiger partial charge in [0.2, 0.25) is 0 Å². The quantitative estimate of drug-likeness (QED) is 0.804. The van der Waals surface area contributed by atoms with Gasteiger partial charge in [-0.25, -0.2) is 4.98 Å². The van der Waals surface area contributed by atoms with E-state index in [-0.39, 0.29) is 0 Å². The third-order valence-corrected chi connectivity index (χ3v) is 2.63. The summed E-state index contributed by atoms with van der Waals surface area (Å²) in [5.74, 6) is 0.847. The minimum atomic E-state index is 0.646. The zero-order valence-electron chi connectivity index (χ0n) is 8.22. The van der Waals surface area contributed by atoms with E-state index in [1.807, 2.05) is 35.2 Å². The Morgan fingerprint density at radius 2 is 2.07 bits per heavy atom. The van der Waals surface area contributed by atoms with Gasteiger partial charge in [-0.2, -0.15) is 0 Å². The van der Waals surface area contributed by atoms with Gasteiger partial charge in [0.15, 0.2) is 0 Å². The molecular formula is C11H12N2OS. The largest absolute Gasteiger partial charge is 0.493 e. The number of aromatic nitrogens is 1. The molecule has 4 heteroatoms. The molecule has 0 amide bonds. The van der Waals surface area contributed by atoms with Gasteiger partial charge in [-0.3, -0.25) is 0 Å². The second-order valence-electron chi connectivity index (χ2n) is 3.15. The topological polar surface area (TPSA) is 48.1 Å². The molecule has 1 aromatic carbocycles. The Morgan fingerprint density at radius 1 is 1.27 bits per heavy atom. The first kappa shape index (κ1) is 9.98. The summed E-state index contributed by atoms with van der Waals surface area (Å²) in [7, 11) is 0. The molecule has 1 heterocycles. The Balaban J connectivity index is 1.81. The van der Waals surface area contributed by atoms with Gasteiger partial charge in [0.05, 0.1) is 17.8 Å². The molecule has 2 aromatic rings. The highest BCUT2D eigenvalue weighted by Gasteiger charge is 1.96. The van der Waals surface area contributed by atoms with E-state index in [2.05, 4.69) is 4.98 Å². The summed E-state index contributed by atoms with van der Waals surface area (Å²) in [4.78, 5) is 4.18. The number of nitrogens with two attached hydrogens (primary N) is 1. The predicted molar refractivity (Wildman–Crippen MR) is 62.2 cm³/mol. The molecule has 0 atom stereocenters. The fourth-order valence-electron chi connectivity index (χ4n) is 1.20. The van der Waals surface area contributed by atoms with Crippen molar-refractivity contribution >= 4 is 17.0 Å². The maximum absolute atomic E-state index is 5.57. The van der Waals surface area contributed by atoms with Gasteiger partial charge in [0.1, 0.15) is 5.75 Å². The summed E-state index contributed by atoms with van der Waals surface area (Å²) in [5.41, 5.74) is 9.23. The molecule has 1 aromatic heterocycles. The van der Waals surface area contributed by atoms with Gasteiger partial charge >= 0.3 is 0 Å². The molecule has 0 saturated heterocycles. The lowest BCUT2D eigenvalue weighted by Gasteiger charge is -2.04. The van der Waals surface area contributed by atoms with Gasteiger partial charge in [-0.1, -0.05) is 0 Å². The van der Waals surface area contributed by atoms with Crippen molar-refractivity contribution in [3.63, 3.8) is 0 Å². The van der Waals surface area contributed by atoms with Crippen molar-refractivity contribution in [1.29, 1.82) is 0 Å². The highest BCUT2D eigenvalue weighted by molar-refractivity contribution is 7.07. The summed E-state index contributed by atoms with van der Waals surface area (Å²) in [5, 5.41) is 2.03. The monoisotopic (exact) mass is 220 g/mol. The Morgan fingerprint density at radius 3 is 2.73 bits per heavy atom. The van der Waals surface area contributed by atoms with Gasteiger partial charge < -0.3 is 10.5 Å². The van der Waals surface area contributed by atoms with Crippen molar-refractivity contribution in [1.82, 2.24) is 4.98 Å². The fraction of sp³-hybridized carbons (Fsp3) is 0.182. The highest BCUT2D eigenvalue weighted by atomic mass is 32.1. The van der Waals surface area contributed by atoms with Crippen LogP contribution in [0.5, 0.6) is 5.75 Å². The molecule has 0 spiro atoms. The molecule has 15 heavy (non-hydrogen) atoms. The van der Waals surface area contributed by atoms with E-state index in [1.54, 1.807) is 11.3 Å². The molecule has 0 saturated carbocycles. The molecule has 3 nitrogen and oxygen atoms in total. The second kappa shape index (κ2) is 4.79. The lowest BCUT2D eigenvalue weighted by atomic mass is 10.3. The molecule has 0 aliphatic heterocycles. The van der Waals surface area contributed by atoms with Crippen molar-refractivity contribution in [3.05, 3.63) is 40.8 Å². The summed E-state index contributed by atoms with van der Waals surface area (Å²) in [6, 6.07) is 7.41. The standard InChI is InChI=1S/C11H12N2OS/c12-9-1-3-11(4-2-9)14-6-5-10-7-15-8-13-10/h1-4,7-8H,5-6,12H2. The van der Waals surface area contributed by atoms with E-state index in [1.165, 1.54) is 0 Å². The number of benzene rings is 1. The van der Waals surface area contributed by atoms with Crippen molar-refractivity contribution in [2.24, 2.45) is 0 Å². The highest BCUT2D eigenvalue weighted by Crippen LogP contribution is 2.13. The number of ether oxygens (including phenoxy) is 1. The van der Waals surface area contributed by atoms with Crippen LogP contribution in [0, 0.1) is 0 Å². The first-order chi connectivity index (χ1) is 7.34. The third kappa shape index (κ3) is 2.95. The van der Waals surface area contributed by atoms with Gasteiger partial charge in [-0.15, -0.1) is 11.3 Å². The van der Waals surface area contributed by atoms with Crippen molar-refractivity contribution in [3.8, 4) is 5.75 Å². The number of hydrogen-bond acceptors (Lipinski definition) is 4. The third-order valence-electron chi connectivity index (χ3n) is 1.99. The van der Waals surface area contributed by atoms with Crippen LogP contribution in [0.3, 0.4) is 0 Å². The number of thiazole rings is 1. The zero-order chi connectivity index (χ0) is 10.5. The maximum Gasteiger partial charge on any atom is 0.119 e. The molecule has 0 bridgehead atoms. The van der Waals surface area contributed by atoms with E-state index in [9.17, 15) is 0 Å². The van der Waals surface area contributed by atoms with Crippen LogP contribution in [0.25, 0.3) is 0 Å². The van der Waals surface area contributed by atoms with Crippen LogP contribution in [0.1, 0.15) is 5.69 Å². The molecule has 0 aliphatic rings. The van der Waals surface area contributed by atoms with Gasteiger partial charge in [-0.05, 0) is 24.3 Å². The summed E-state index contributed by atoms with van der Waals surface area (Å²) < 4.78 is 5.54. The van der Waals surface area contributed by atoms with Crippen LogP contribution in [0.15, 0.2) is 35.2 Å². The lowest BCUT2D eigenvalue weighted by molar-refractivity contribution is 0.321. The van der Waals surface area contributed by atoms with E-state index in [0.29, 0.717) is 6.61 Å². The first-order valence-electron chi connectivity index (χ1n) is 4.70. The summed E-state index contributed by atoms with van der Waals surface area (Å²) >= 11 is 1.60. The molecule has 0 fully saturated rings. The van der Waals surface area contributed by atoms with Crippen molar-refractivity contribution < 1.29 is 4.74 Å². The van der Waals surface area contributed by atoms with Crippen molar-refractivity contribution in [2.75, 3.05) is 12.3 Å². The SMILES string of the molecule is Nc1ccc(OCCc2cscn2)cc1. The van der Waals surface area contributed by atoms with Crippen LogP contribution in [-0.4, -0.2) is 11.6 Å². The summed E-state index contributed by atoms with van der Waals surface area (Å²) in [6.45, 7) is 0.646. The van der Waals surface area contributed by atoms with E-state index < -0.39 is 0 Å². The first-order valence-corrected chi connectivity index (χ1v) is 5.64. The number of rotatable bonds is 4. The Bertz CT molecular complexity index is 397. The molecule has 2 rings (SSSR count). The fourth-order valence-corrected chi connectivity index (χ4v) is 1.79. The van der Waals surface area contributed by atoms with E-state index in [0.717, 1.165) is 23.6 Å². The maximum atomic E-state index is 5.57. The van der Waals surface area contributed by atoms with E-state index in [4.69, 9.17) is 10.5 Å². The van der Waals surface area contributed by atoms with Crippen molar-refractivity contribution in [2.45, 2.75) is 6.42 Å². The normalized spacial score (nSPS) is 10.1. The van der Waals surface area contributed by atoms with Crippen LogP contribution in [0.2, 0.25) is 0 Å². The molecule has 0 aliphatic carbocycles. The van der Waals surface area contributed by atoms with Crippen LogP contribution in [-0.2, 0) is 6.42 Å². The smallest absolute Gasteiger partial charge is 0.119 e. The Hall–Kier alpha value is -1.55. The predicted octanol–water partition coefficient (Wildman–Crippen LogP) is 2.35. The average Bonchev–Trinajstić information content (AvgIpc) is 2.74. The van der Waals surface area contributed by atoms with E-state index >= 15 is 0 Å². The second-order valence-corrected chi connectivity index (χ2v) is 3.87. The van der Waals surface area contributed by atoms with Crippen LogP contribution in [0.4, 0.5) is 5.69 Å². The number of anilines is 1. The number of nitrogen functional groups attached to an aromatic ring is 1. The molecule has 0 unspecified atom stereocenters. The van der Waals surface area contributed by atoms with Gasteiger partial charge in [0.25, 0.3) is 0 Å². The number of hydrogen-bond donors (Lipinski definition) is 1. The lowest BCUT2D eigenvalue weighted by Crippen LogP contribution is -2.01. The average molecular weight is 220 g/mol. The van der Waals surface area contributed by atoms with Crippen LogP contribution < -0.4 is 10.5 Å². The Kier molecular flexibility index (Phi) is 3.19. The molecule has 78 valence electrons. The minimum absolute atomic E-state index is 0.646. The zero-order valence-corrected chi connectivity index (χ0v) is 9.04. The molecule has 2 N–H and O–H groups in total. The Labute approximate surface area is 92.5 Å².